The number of carbonyl (C=O) groups excluding carboxylic acids is 3. The van der Waals surface area contributed by atoms with Gasteiger partial charge in [0.15, 0.2) is 0 Å². The Bertz CT molecular complexity index is 1010. The number of para-hydroxylation sites is 2. The van der Waals surface area contributed by atoms with Crippen LogP contribution in [0, 0.1) is 0 Å². The van der Waals surface area contributed by atoms with E-state index in [9.17, 15) is 14.4 Å². The van der Waals surface area contributed by atoms with Gasteiger partial charge < -0.3 is 20.3 Å². The fourth-order valence-electron chi connectivity index (χ4n) is 2.91. The topological polar surface area (TPSA) is 99.8 Å². The van der Waals surface area contributed by atoms with Gasteiger partial charge in [0.25, 0.3) is 5.91 Å². The zero-order chi connectivity index (χ0) is 25.1. The molecule has 0 spiro atoms. The zero-order valence-corrected chi connectivity index (χ0v) is 20.5. The van der Waals surface area contributed by atoms with E-state index in [1.54, 1.807) is 63.2 Å². The summed E-state index contributed by atoms with van der Waals surface area (Å²) in [5.41, 5.74) is 1.93. The van der Waals surface area contributed by atoms with Gasteiger partial charge in [-0.05, 0) is 76.1 Å². The molecule has 2 rings (SSSR count). The molecule has 0 unspecified atom stereocenters. The lowest BCUT2D eigenvalue weighted by atomic mass is 10.2. The normalized spacial score (nSPS) is 11.1. The first-order valence-electron chi connectivity index (χ1n) is 11.2. The lowest BCUT2D eigenvalue weighted by Crippen LogP contribution is -2.27. The minimum absolute atomic E-state index is 0.124. The fraction of sp³-hybridized carbons (Fsp3) is 0.346. The number of allylic oxidation sites excluding steroid dienone is 1. The maximum absolute atomic E-state index is 12.3. The molecule has 34 heavy (non-hydrogen) atoms. The van der Waals surface area contributed by atoms with Gasteiger partial charge in [-0.1, -0.05) is 18.2 Å². The Balaban J connectivity index is 1.75. The number of anilines is 3. The molecule has 0 atom stereocenters. The van der Waals surface area contributed by atoms with Crippen molar-refractivity contribution in [2.45, 2.75) is 39.2 Å². The van der Waals surface area contributed by atoms with Gasteiger partial charge in [0.2, 0.25) is 5.91 Å². The first-order chi connectivity index (χ1) is 16.0. The molecule has 0 bridgehead atoms. The third kappa shape index (κ3) is 9.36. The molecule has 0 saturated heterocycles. The second kappa shape index (κ2) is 12.4. The summed E-state index contributed by atoms with van der Waals surface area (Å²) in [4.78, 5) is 38.5. The molecular formula is C26H34N4O4. The van der Waals surface area contributed by atoms with Gasteiger partial charge in [0.05, 0.1) is 11.4 Å². The van der Waals surface area contributed by atoms with Gasteiger partial charge in [-0.15, -0.1) is 0 Å². The molecule has 182 valence electrons. The Morgan fingerprint density at radius 2 is 1.56 bits per heavy atom. The van der Waals surface area contributed by atoms with Crippen molar-refractivity contribution in [3.63, 3.8) is 0 Å². The van der Waals surface area contributed by atoms with Crippen LogP contribution in [0.4, 0.5) is 21.9 Å². The number of nitrogens with one attached hydrogen (secondary N) is 3. The number of rotatable bonds is 9. The first-order valence-corrected chi connectivity index (χ1v) is 11.2. The van der Waals surface area contributed by atoms with Gasteiger partial charge in [0.1, 0.15) is 5.60 Å². The minimum atomic E-state index is -0.624. The van der Waals surface area contributed by atoms with Crippen molar-refractivity contribution in [1.82, 2.24) is 5.32 Å². The van der Waals surface area contributed by atoms with Crippen LogP contribution in [0.2, 0.25) is 0 Å². The van der Waals surface area contributed by atoms with E-state index in [2.05, 4.69) is 16.0 Å². The van der Waals surface area contributed by atoms with Crippen LogP contribution in [-0.4, -0.2) is 44.1 Å². The van der Waals surface area contributed by atoms with E-state index >= 15 is 0 Å². The monoisotopic (exact) mass is 466 g/mol. The maximum Gasteiger partial charge on any atom is 0.412 e. The van der Waals surface area contributed by atoms with Crippen molar-refractivity contribution in [1.29, 1.82) is 0 Å². The predicted molar refractivity (Wildman–Crippen MR) is 136 cm³/mol. The first kappa shape index (κ1) is 26.4. The minimum Gasteiger partial charge on any atom is -0.444 e. The Morgan fingerprint density at radius 3 is 2.15 bits per heavy atom. The van der Waals surface area contributed by atoms with Crippen molar-refractivity contribution in [2.24, 2.45) is 0 Å². The summed E-state index contributed by atoms with van der Waals surface area (Å²) in [6, 6.07) is 14.3. The van der Waals surface area contributed by atoms with Crippen molar-refractivity contribution in [3.8, 4) is 0 Å². The molecular weight excluding hydrogens is 432 g/mol. The Kier molecular flexibility index (Phi) is 9.67. The number of benzene rings is 2. The van der Waals surface area contributed by atoms with Crippen molar-refractivity contribution >= 4 is 35.0 Å². The van der Waals surface area contributed by atoms with Crippen LogP contribution in [0.25, 0.3) is 0 Å². The third-order valence-electron chi connectivity index (χ3n) is 4.57. The van der Waals surface area contributed by atoms with Crippen molar-refractivity contribution < 1.29 is 19.1 Å². The summed E-state index contributed by atoms with van der Waals surface area (Å²) < 4.78 is 5.26. The molecule has 3 amide bonds. The number of carbonyl (C=O) groups is 3. The molecule has 0 aliphatic carbocycles. The molecule has 8 heteroatoms. The molecule has 0 fully saturated rings. The molecule has 3 N–H and O–H groups in total. The van der Waals surface area contributed by atoms with Gasteiger partial charge in [-0.3, -0.25) is 14.9 Å². The molecule has 0 radical (unpaired) electrons. The van der Waals surface area contributed by atoms with Crippen LogP contribution in [-0.2, 0) is 9.53 Å². The summed E-state index contributed by atoms with van der Waals surface area (Å²) in [7, 11) is 3.89. The molecule has 0 aliphatic rings. The van der Waals surface area contributed by atoms with E-state index in [0.717, 1.165) is 5.69 Å². The maximum atomic E-state index is 12.3. The van der Waals surface area contributed by atoms with Crippen LogP contribution < -0.4 is 20.9 Å². The van der Waals surface area contributed by atoms with E-state index < -0.39 is 11.7 Å². The third-order valence-corrected chi connectivity index (χ3v) is 4.57. The summed E-state index contributed by atoms with van der Waals surface area (Å²) >= 11 is 0. The molecule has 0 saturated carbocycles. The highest BCUT2D eigenvalue weighted by Crippen LogP contribution is 2.22. The number of ether oxygens (including phenoxy) is 1. The summed E-state index contributed by atoms with van der Waals surface area (Å²) in [6.45, 7) is 5.83. The lowest BCUT2D eigenvalue weighted by Gasteiger charge is -2.20. The number of amides is 3. The van der Waals surface area contributed by atoms with E-state index in [0.29, 0.717) is 36.3 Å². The smallest absolute Gasteiger partial charge is 0.412 e. The van der Waals surface area contributed by atoms with Gasteiger partial charge in [0, 0.05) is 31.9 Å². The van der Waals surface area contributed by atoms with E-state index in [4.69, 9.17) is 4.74 Å². The summed E-state index contributed by atoms with van der Waals surface area (Å²) in [5.74, 6) is -0.440. The van der Waals surface area contributed by atoms with Gasteiger partial charge in [-0.2, -0.15) is 0 Å². The second-order valence-electron chi connectivity index (χ2n) is 8.90. The summed E-state index contributed by atoms with van der Waals surface area (Å²) in [6.07, 6.45) is 3.91. The van der Waals surface area contributed by atoms with E-state index in [-0.39, 0.29) is 11.8 Å². The molecule has 0 heterocycles. The van der Waals surface area contributed by atoms with Crippen LogP contribution in [0.3, 0.4) is 0 Å². The van der Waals surface area contributed by atoms with E-state index in [1.165, 1.54) is 6.08 Å². The Hall–Kier alpha value is -3.81. The van der Waals surface area contributed by atoms with Crippen LogP contribution in [0.5, 0.6) is 0 Å². The van der Waals surface area contributed by atoms with Crippen LogP contribution >= 0.6 is 0 Å². The Labute approximate surface area is 201 Å². The summed E-state index contributed by atoms with van der Waals surface area (Å²) in [5, 5.41) is 8.28. The standard InChI is InChI=1S/C26H34N4O4/c1-26(2,3)34-25(33)29-22-12-9-8-11-21(22)28-23(31)13-7-6-10-18-27-24(32)19-14-16-20(17-15-19)30(4)5/h7-9,11-17H,6,10,18H2,1-5H3,(H,27,32)(H,28,31)(H,29,33). The SMILES string of the molecule is CN(C)c1ccc(C(=O)NCCCC=CC(=O)Nc2ccccc2NC(=O)OC(C)(C)C)cc1. The number of unbranched alkanes of at least 4 members (excludes halogenated alkanes) is 1. The predicted octanol–water partition coefficient (Wildman–Crippen LogP) is 4.80. The van der Waals surface area contributed by atoms with Crippen molar-refractivity contribution in [3.05, 3.63) is 66.2 Å². The van der Waals surface area contributed by atoms with Crippen LogP contribution in [0.1, 0.15) is 44.0 Å². The molecule has 0 aromatic heterocycles. The average molecular weight is 467 g/mol. The number of hydrogen-bond donors (Lipinski definition) is 3. The van der Waals surface area contributed by atoms with Gasteiger partial charge in [-0.25, -0.2) is 4.79 Å². The fourth-order valence-corrected chi connectivity index (χ4v) is 2.91. The highest BCUT2D eigenvalue weighted by atomic mass is 16.6. The quantitative estimate of drug-likeness (QED) is 0.364. The highest BCUT2D eigenvalue weighted by molar-refractivity contribution is 6.03. The van der Waals surface area contributed by atoms with Crippen molar-refractivity contribution in [2.75, 3.05) is 36.2 Å². The lowest BCUT2D eigenvalue weighted by molar-refractivity contribution is -0.111. The average Bonchev–Trinajstić information content (AvgIpc) is 2.76. The highest BCUT2D eigenvalue weighted by Gasteiger charge is 2.17. The van der Waals surface area contributed by atoms with Crippen LogP contribution in [0.15, 0.2) is 60.7 Å². The largest absolute Gasteiger partial charge is 0.444 e. The second-order valence-corrected chi connectivity index (χ2v) is 8.90. The number of nitrogens with zero attached hydrogens (tertiary/aromatic N) is 1. The molecule has 2 aromatic rings. The molecule has 2 aromatic carbocycles. The molecule has 0 aliphatic heterocycles. The molecule has 8 nitrogen and oxygen atoms in total. The van der Waals surface area contributed by atoms with E-state index in [1.807, 2.05) is 31.1 Å². The zero-order valence-electron chi connectivity index (χ0n) is 20.5. The Morgan fingerprint density at radius 1 is 0.941 bits per heavy atom. The van der Waals surface area contributed by atoms with Gasteiger partial charge >= 0.3 is 6.09 Å². The number of hydrogen-bond acceptors (Lipinski definition) is 5.